The average Bonchev–Trinajstić information content (AvgIpc) is 3.04. The molecule has 0 aliphatic rings. The minimum atomic E-state index is -4.63. The zero-order valence-electron chi connectivity index (χ0n) is 34.0. The molecule has 0 aliphatic heterocycles. The van der Waals surface area contributed by atoms with Crippen LogP contribution in [-0.2, 0) is 16.8 Å². The Morgan fingerprint density at radius 3 is 1.13 bits per heavy atom. The maximum atomic E-state index is 11.1. The summed E-state index contributed by atoms with van der Waals surface area (Å²) in [6, 6.07) is 4.10. The molecule has 1 aromatic rings. The first-order valence-electron chi connectivity index (χ1n) is 19.3. The normalized spacial score (nSPS) is 14.2. The molecule has 52 heavy (non-hydrogen) atoms. The van der Waals surface area contributed by atoms with Crippen LogP contribution in [0.1, 0.15) is 158 Å². The fourth-order valence-electron chi connectivity index (χ4n) is 5.78. The number of allylic oxidation sites excluding steroid dienone is 16. The molecule has 0 amide bonds. The van der Waals surface area contributed by atoms with E-state index < -0.39 is 10.4 Å². The molecule has 290 valence electrons. The van der Waals surface area contributed by atoms with Crippen molar-refractivity contribution < 1.29 is 22.3 Å². The largest absolute Gasteiger partial charge is 0.508 e. The van der Waals surface area contributed by atoms with Gasteiger partial charge >= 0.3 is 10.4 Å². The van der Waals surface area contributed by atoms with E-state index in [0.717, 1.165) is 89.0 Å². The number of rotatable bonds is 25. The van der Waals surface area contributed by atoms with Gasteiger partial charge in [0.1, 0.15) is 11.5 Å². The first-order valence-corrected chi connectivity index (χ1v) is 20.6. The fourth-order valence-corrected chi connectivity index (χ4v) is 6.17. The van der Waals surface area contributed by atoms with Crippen molar-refractivity contribution in [1.82, 2.24) is 0 Å². The van der Waals surface area contributed by atoms with Gasteiger partial charge in [-0.25, -0.2) is 0 Å². The van der Waals surface area contributed by atoms with Crippen molar-refractivity contribution in [2.24, 2.45) is 0 Å². The van der Waals surface area contributed by atoms with E-state index in [0.29, 0.717) is 12.0 Å². The van der Waals surface area contributed by atoms with E-state index in [1.54, 1.807) is 0 Å². The highest BCUT2D eigenvalue weighted by atomic mass is 32.3. The monoisotopic (exact) mass is 734 g/mol. The molecule has 0 heterocycles. The Labute approximate surface area is 318 Å². The summed E-state index contributed by atoms with van der Waals surface area (Å²) in [5.41, 5.74) is 11.9. The molecule has 0 unspecified atom stereocenters. The number of hydrogen-bond acceptors (Lipinski definition) is 4. The van der Waals surface area contributed by atoms with Crippen molar-refractivity contribution in [3.8, 4) is 11.5 Å². The molecule has 0 fully saturated rings. The summed E-state index contributed by atoms with van der Waals surface area (Å²) in [6.07, 6.45) is 34.3. The van der Waals surface area contributed by atoms with Crippen LogP contribution in [0.2, 0.25) is 0 Å². The maximum absolute atomic E-state index is 11.1. The topological polar surface area (TPSA) is 83.8 Å². The van der Waals surface area contributed by atoms with Crippen molar-refractivity contribution >= 4 is 10.4 Å². The Bertz CT molecular complexity index is 1590. The Hall–Kier alpha value is -3.35. The van der Waals surface area contributed by atoms with Crippen LogP contribution < -0.4 is 4.18 Å². The molecule has 0 saturated carbocycles. The van der Waals surface area contributed by atoms with E-state index >= 15 is 0 Å². The number of phenols is 1. The summed E-state index contributed by atoms with van der Waals surface area (Å²) in [4.78, 5) is 0. The van der Waals surface area contributed by atoms with E-state index in [1.807, 2.05) is 13.0 Å². The van der Waals surface area contributed by atoms with Gasteiger partial charge in [-0.2, -0.15) is 8.42 Å². The second-order valence-corrected chi connectivity index (χ2v) is 15.9. The van der Waals surface area contributed by atoms with Gasteiger partial charge in [0.05, 0.1) is 0 Å². The smallest absolute Gasteiger partial charge is 0.446 e. The van der Waals surface area contributed by atoms with E-state index in [2.05, 4.69) is 102 Å². The summed E-state index contributed by atoms with van der Waals surface area (Å²) < 4.78 is 35.9. The third kappa shape index (κ3) is 25.6. The van der Waals surface area contributed by atoms with Gasteiger partial charge in [-0.1, -0.05) is 93.2 Å². The van der Waals surface area contributed by atoms with Crippen LogP contribution in [0.25, 0.3) is 0 Å². The number of phenolic OH excluding ortho intramolecular Hbond substituents is 1. The van der Waals surface area contributed by atoms with Gasteiger partial charge in [0, 0.05) is 5.56 Å². The molecule has 0 radical (unpaired) electrons. The lowest BCUT2D eigenvalue weighted by molar-refractivity contribution is 0.384. The lowest BCUT2D eigenvalue weighted by Gasteiger charge is -2.08. The molecular formula is C46H70O5S. The van der Waals surface area contributed by atoms with E-state index in [-0.39, 0.29) is 11.5 Å². The highest BCUT2D eigenvalue weighted by Gasteiger charge is 2.12. The first kappa shape index (κ1) is 46.7. The van der Waals surface area contributed by atoms with Crippen LogP contribution in [0.3, 0.4) is 0 Å². The van der Waals surface area contributed by atoms with Gasteiger partial charge in [-0.05, 0) is 177 Å². The summed E-state index contributed by atoms with van der Waals surface area (Å²) >= 11 is 0. The predicted octanol–water partition coefficient (Wildman–Crippen LogP) is 14.2. The fraction of sp³-hybridized carbons (Fsp3) is 0.522. The standard InChI is InChI=1S/C46H70O5S/c1-36(2)17-10-18-37(3)19-11-20-38(4)21-12-22-39(5)23-13-24-40(6)25-14-26-41(7)27-15-28-42(8)29-16-30-43(9)31-32-44-35-45(47)33-34-46(44)51-52(48,49)50/h17,19,21,23,25,27,29,31,33-35,47H,10-16,18,20,22,24,26,28,30,32H2,1-9H3,(H,48,49,50)/b37-19+,38-21+,39-23+,40-25+,41-27+,42-29+,43-31+. The van der Waals surface area contributed by atoms with Gasteiger partial charge in [0.25, 0.3) is 0 Å². The van der Waals surface area contributed by atoms with Gasteiger partial charge < -0.3 is 9.29 Å². The lowest BCUT2D eigenvalue weighted by atomic mass is 10.0. The third-order valence-corrected chi connectivity index (χ3v) is 9.58. The highest BCUT2D eigenvalue weighted by molar-refractivity contribution is 7.81. The van der Waals surface area contributed by atoms with E-state index in [4.69, 9.17) is 4.55 Å². The molecule has 0 aromatic heterocycles. The van der Waals surface area contributed by atoms with Gasteiger partial charge in [-0.15, -0.1) is 0 Å². The first-order chi connectivity index (χ1) is 24.5. The van der Waals surface area contributed by atoms with Crippen molar-refractivity contribution in [3.05, 3.63) is 117 Å². The van der Waals surface area contributed by atoms with Gasteiger partial charge in [-0.3, -0.25) is 4.55 Å². The average molecular weight is 735 g/mol. The Kier molecular flexibility index (Phi) is 23.7. The second-order valence-electron chi connectivity index (χ2n) is 14.9. The summed E-state index contributed by atoms with van der Waals surface area (Å²) in [5.74, 6) is 0.0149. The molecule has 0 atom stereocenters. The minimum Gasteiger partial charge on any atom is -0.508 e. The third-order valence-electron chi connectivity index (χ3n) is 9.19. The zero-order chi connectivity index (χ0) is 38.9. The molecular weight excluding hydrogens is 665 g/mol. The number of benzene rings is 1. The molecule has 5 nitrogen and oxygen atoms in total. The van der Waals surface area contributed by atoms with E-state index in [9.17, 15) is 13.5 Å². The zero-order valence-corrected chi connectivity index (χ0v) is 34.8. The van der Waals surface area contributed by atoms with Crippen LogP contribution in [0.15, 0.2) is 111 Å². The Morgan fingerprint density at radius 1 is 0.519 bits per heavy atom. The van der Waals surface area contributed by atoms with Crippen LogP contribution in [0.5, 0.6) is 11.5 Å². The predicted molar refractivity (Wildman–Crippen MR) is 224 cm³/mol. The summed E-state index contributed by atoms with van der Waals surface area (Å²) in [5, 5.41) is 9.78. The molecule has 0 bridgehead atoms. The minimum absolute atomic E-state index is 0.00711. The summed E-state index contributed by atoms with van der Waals surface area (Å²) in [6.45, 7) is 19.9. The van der Waals surface area contributed by atoms with E-state index in [1.165, 1.54) is 63.6 Å². The highest BCUT2D eigenvalue weighted by Crippen LogP contribution is 2.26. The van der Waals surface area contributed by atoms with Crippen molar-refractivity contribution in [1.29, 1.82) is 0 Å². The van der Waals surface area contributed by atoms with Crippen LogP contribution in [-0.4, -0.2) is 18.1 Å². The number of hydrogen-bond donors (Lipinski definition) is 2. The Morgan fingerprint density at radius 2 is 0.827 bits per heavy atom. The van der Waals surface area contributed by atoms with Gasteiger partial charge in [0.2, 0.25) is 0 Å². The van der Waals surface area contributed by atoms with Crippen molar-refractivity contribution in [2.45, 2.75) is 159 Å². The molecule has 2 N–H and O–H groups in total. The summed E-state index contributed by atoms with van der Waals surface area (Å²) in [7, 11) is -4.63. The molecule has 0 aliphatic carbocycles. The van der Waals surface area contributed by atoms with Crippen molar-refractivity contribution in [2.75, 3.05) is 0 Å². The quantitative estimate of drug-likeness (QED) is 0.0772. The molecule has 6 heteroatoms. The second kappa shape index (κ2) is 26.4. The Balaban J connectivity index is 2.33. The molecule has 1 aromatic carbocycles. The maximum Gasteiger partial charge on any atom is 0.446 e. The van der Waals surface area contributed by atoms with Crippen LogP contribution >= 0.6 is 0 Å². The lowest BCUT2D eigenvalue weighted by Crippen LogP contribution is -2.08. The number of aromatic hydroxyl groups is 1. The molecule has 0 saturated heterocycles. The van der Waals surface area contributed by atoms with Crippen molar-refractivity contribution in [3.63, 3.8) is 0 Å². The SMILES string of the molecule is CC(C)=CCC/C(C)=C/CC/C(C)=C/CC/C(C)=C/CC/C(C)=C/CC/C(C)=C/CC/C(C)=C/CC/C(C)=C/Cc1cc(O)ccc1OS(=O)(=O)O. The van der Waals surface area contributed by atoms with Crippen LogP contribution in [0, 0.1) is 0 Å². The molecule has 1 rings (SSSR count). The van der Waals surface area contributed by atoms with Crippen LogP contribution in [0.4, 0.5) is 0 Å². The van der Waals surface area contributed by atoms with Gasteiger partial charge in [0.15, 0.2) is 0 Å². The molecule has 0 spiro atoms.